The van der Waals surface area contributed by atoms with Crippen LogP contribution in [0, 0.1) is 0 Å². The number of unbranched alkanes of at least 4 members (excludes halogenated alkanes) is 37. The molecular weight excluding hydrogens is 979 g/mol. The van der Waals surface area contributed by atoms with Crippen LogP contribution in [0.1, 0.15) is 303 Å². The predicted molar refractivity (Wildman–Crippen MR) is 325 cm³/mol. The molecule has 78 heavy (non-hydrogen) atoms. The Morgan fingerprint density at radius 3 is 1.14 bits per heavy atom. The Hall–Kier alpha value is -1.93. The zero-order chi connectivity index (χ0) is 56.8. The second-order valence-electron chi connectivity index (χ2n) is 23.2. The van der Waals surface area contributed by atoms with Crippen molar-refractivity contribution in [2.24, 2.45) is 0 Å². The fraction of sp³-hybridized carbons (Fsp3) is 0.866. The minimum atomic E-state index is -1.68. The molecule has 11 nitrogen and oxygen atoms in total. The van der Waals surface area contributed by atoms with Crippen molar-refractivity contribution in [3.63, 3.8) is 0 Å². The summed E-state index contributed by atoms with van der Waals surface area (Å²) in [6.45, 7) is 3.47. The van der Waals surface area contributed by atoms with Gasteiger partial charge in [-0.05, 0) is 89.9 Å². The second-order valence-corrected chi connectivity index (χ2v) is 23.2. The summed E-state index contributed by atoms with van der Waals surface area (Å²) in [5, 5.41) is 76.3. The van der Waals surface area contributed by atoms with Crippen molar-refractivity contribution in [2.75, 3.05) is 13.2 Å². The first-order chi connectivity index (χ1) is 38.2. The number of allylic oxidation sites excluding steroid dienone is 8. The Morgan fingerprint density at radius 1 is 0.436 bits per heavy atom. The van der Waals surface area contributed by atoms with Crippen LogP contribution in [0.25, 0.3) is 0 Å². The number of aliphatic hydroxyl groups is 7. The van der Waals surface area contributed by atoms with E-state index in [9.17, 15) is 40.5 Å². The van der Waals surface area contributed by atoms with E-state index >= 15 is 0 Å². The summed E-state index contributed by atoms with van der Waals surface area (Å²) in [4.78, 5) is 13.2. The lowest BCUT2D eigenvalue weighted by Gasteiger charge is -2.40. The highest BCUT2D eigenvalue weighted by atomic mass is 16.7. The number of hydrogen-bond acceptors (Lipinski definition) is 10. The van der Waals surface area contributed by atoms with E-state index in [1.807, 2.05) is 0 Å². The van der Waals surface area contributed by atoms with Gasteiger partial charge in [0.2, 0.25) is 5.91 Å². The summed E-state index contributed by atoms with van der Waals surface area (Å²) in [6, 6.07) is -1.20. The van der Waals surface area contributed by atoms with Crippen molar-refractivity contribution in [1.29, 1.82) is 0 Å². The van der Waals surface area contributed by atoms with Gasteiger partial charge in [0.1, 0.15) is 36.6 Å². The van der Waals surface area contributed by atoms with Crippen LogP contribution in [-0.4, -0.2) is 110 Å². The lowest BCUT2D eigenvalue weighted by Crippen LogP contribution is -2.60. The smallest absolute Gasteiger partial charge is 0.249 e. The van der Waals surface area contributed by atoms with Gasteiger partial charge in [-0.25, -0.2) is 0 Å². The first-order valence-corrected chi connectivity index (χ1v) is 33.0. The maximum atomic E-state index is 13.2. The molecule has 8 N–H and O–H groups in total. The topological polar surface area (TPSA) is 189 Å². The summed E-state index contributed by atoms with van der Waals surface area (Å²) in [6.07, 6.45) is 60.5. The summed E-state index contributed by atoms with van der Waals surface area (Å²) in [7, 11) is 0. The molecule has 9 unspecified atom stereocenters. The minimum absolute atomic E-state index is 0.239. The second kappa shape index (κ2) is 55.6. The molecule has 1 rings (SSSR count). The van der Waals surface area contributed by atoms with Gasteiger partial charge in [-0.2, -0.15) is 0 Å². The van der Waals surface area contributed by atoms with Gasteiger partial charge in [0.25, 0.3) is 0 Å². The van der Waals surface area contributed by atoms with Crippen LogP contribution in [-0.2, 0) is 14.3 Å². The number of aliphatic hydroxyl groups excluding tert-OH is 7. The van der Waals surface area contributed by atoms with Crippen molar-refractivity contribution in [2.45, 2.75) is 358 Å². The molecule has 0 spiro atoms. The van der Waals surface area contributed by atoms with Crippen molar-refractivity contribution in [3.05, 3.63) is 48.6 Å². The van der Waals surface area contributed by atoms with Crippen LogP contribution in [0.3, 0.4) is 0 Å². The van der Waals surface area contributed by atoms with Gasteiger partial charge in [0.05, 0.1) is 25.4 Å². The Kier molecular flexibility index (Phi) is 52.8. The average molecular weight is 1100 g/mol. The van der Waals surface area contributed by atoms with Crippen molar-refractivity contribution in [1.82, 2.24) is 5.32 Å². The van der Waals surface area contributed by atoms with Crippen molar-refractivity contribution < 1.29 is 50.0 Å². The molecule has 1 heterocycles. The molecule has 1 aliphatic heterocycles. The van der Waals surface area contributed by atoms with Gasteiger partial charge in [0.15, 0.2) is 6.29 Å². The first kappa shape index (κ1) is 74.1. The molecule has 11 heteroatoms. The van der Waals surface area contributed by atoms with Crippen molar-refractivity contribution >= 4 is 5.91 Å². The monoisotopic (exact) mass is 1100 g/mol. The molecule has 1 aliphatic rings. The molecule has 1 fully saturated rings. The number of rotatable bonds is 57. The maximum Gasteiger partial charge on any atom is 0.249 e. The highest BCUT2D eigenvalue weighted by molar-refractivity contribution is 5.80. The lowest BCUT2D eigenvalue weighted by molar-refractivity contribution is -0.303. The largest absolute Gasteiger partial charge is 0.394 e. The Labute approximate surface area is 479 Å². The van der Waals surface area contributed by atoms with Gasteiger partial charge in [-0.3, -0.25) is 4.79 Å². The maximum absolute atomic E-state index is 13.2. The molecule has 9 atom stereocenters. The van der Waals surface area contributed by atoms with E-state index < -0.39 is 74.2 Å². The average Bonchev–Trinajstić information content (AvgIpc) is 3.46. The fourth-order valence-electron chi connectivity index (χ4n) is 10.5. The fourth-order valence-corrected chi connectivity index (χ4v) is 10.5. The van der Waals surface area contributed by atoms with Crippen LogP contribution in [0.15, 0.2) is 48.6 Å². The molecule has 0 radical (unpaired) electrons. The van der Waals surface area contributed by atoms with Gasteiger partial charge < -0.3 is 50.5 Å². The van der Waals surface area contributed by atoms with E-state index in [4.69, 9.17) is 9.47 Å². The Morgan fingerprint density at radius 2 is 0.769 bits per heavy atom. The van der Waals surface area contributed by atoms with Crippen LogP contribution in [0.4, 0.5) is 0 Å². The normalized spacial score (nSPS) is 19.7. The standard InChI is InChI=1S/C67H125NO10/c1-3-5-7-9-11-13-15-17-19-21-23-25-26-27-28-29-30-31-32-33-34-35-37-38-40-42-44-46-48-50-52-54-59(70)62(72)58(57-77-67-65(75)64(74)63(73)61(56-69)78-67)68-66(76)60(71)55-53-51-49-47-45-43-41-39-36-24-22-20-18-16-14-12-10-8-6-4-2/h33-34,36,38-40,46,48,58-65,67,69-75H,3-32,35,37,41-45,47,49-57H2,1-2H3,(H,68,76)/b34-33+,39-36-,40-38+,48-46+. The molecular formula is C67H125NO10. The highest BCUT2D eigenvalue weighted by Crippen LogP contribution is 2.23. The van der Waals surface area contributed by atoms with E-state index in [-0.39, 0.29) is 12.8 Å². The Balaban J connectivity index is 2.27. The van der Waals surface area contributed by atoms with E-state index in [1.165, 1.54) is 193 Å². The molecule has 0 saturated carbocycles. The molecule has 1 amide bonds. The van der Waals surface area contributed by atoms with Gasteiger partial charge in [-0.1, -0.05) is 262 Å². The van der Waals surface area contributed by atoms with Gasteiger partial charge in [0, 0.05) is 0 Å². The third-order valence-corrected chi connectivity index (χ3v) is 15.8. The number of hydrogen-bond donors (Lipinski definition) is 8. The van der Waals surface area contributed by atoms with E-state index in [2.05, 4.69) is 67.8 Å². The van der Waals surface area contributed by atoms with Gasteiger partial charge >= 0.3 is 0 Å². The van der Waals surface area contributed by atoms with Crippen LogP contribution < -0.4 is 5.32 Å². The van der Waals surface area contributed by atoms with E-state index in [1.54, 1.807) is 0 Å². The minimum Gasteiger partial charge on any atom is -0.394 e. The Bertz CT molecular complexity index is 1410. The molecule has 0 aromatic heterocycles. The summed E-state index contributed by atoms with van der Waals surface area (Å²) in [5.41, 5.74) is 0. The van der Waals surface area contributed by atoms with Gasteiger partial charge in [-0.15, -0.1) is 0 Å². The molecule has 0 aliphatic carbocycles. The number of carbonyl (C=O) groups is 1. The van der Waals surface area contributed by atoms with Crippen LogP contribution in [0.2, 0.25) is 0 Å². The van der Waals surface area contributed by atoms with Crippen LogP contribution in [0.5, 0.6) is 0 Å². The third kappa shape index (κ3) is 42.8. The molecule has 458 valence electrons. The third-order valence-electron chi connectivity index (χ3n) is 15.8. The molecule has 0 bridgehead atoms. The van der Waals surface area contributed by atoms with E-state index in [0.717, 1.165) is 64.2 Å². The zero-order valence-corrected chi connectivity index (χ0v) is 50.4. The SMILES string of the molecule is CCCCCCCCCCCC/C=C\CCCCCCCCC(O)C(=O)NC(COC1OC(CO)C(O)C(O)C1O)C(O)C(O)CCC/C=C/CC/C=C/CC/C=C/CCCCCCCCCCCCCCCCCCCC. The quantitative estimate of drug-likeness (QED) is 0.0215. The lowest BCUT2D eigenvalue weighted by atomic mass is 9.98. The molecule has 1 saturated heterocycles. The number of amides is 1. The molecule has 0 aromatic rings. The summed E-state index contributed by atoms with van der Waals surface area (Å²) in [5.74, 6) is -0.715. The highest BCUT2D eigenvalue weighted by Gasteiger charge is 2.44. The van der Waals surface area contributed by atoms with Crippen molar-refractivity contribution in [3.8, 4) is 0 Å². The van der Waals surface area contributed by atoms with Crippen LogP contribution >= 0.6 is 0 Å². The predicted octanol–water partition coefficient (Wildman–Crippen LogP) is 15.2. The zero-order valence-electron chi connectivity index (χ0n) is 50.4. The molecule has 0 aromatic carbocycles. The summed E-state index contributed by atoms with van der Waals surface area (Å²) >= 11 is 0. The summed E-state index contributed by atoms with van der Waals surface area (Å²) < 4.78 is 11.1. The number of nitrogens with one attached hydrogen (secondary N) is 1. The first-order valence-electron chi connectivity index (χ1n) is 33.0. The van der Waals surface area contributed by atoms with E-state index in [0.29, 0.717) is 19.3 Å². The number of ether oxygens (including phenoxy) is 2. The number of carbonyl (C=O) groups excluding carboxylic acids is 1.